The van der Waals surface area contributed by atoms with Crippen molar-refractivity contribution in [3.63, 3.8) is 0 Å². The number of ether oxygens (including phenoxy) is 2. The summed E-state index contributed by atoms with van der Waals surface area (Å²) in [5.41, 5.74) is 0. The van der Waals surface area contributed by atoms with Crippen LogP contribution < -0.4 is 0 Å². The first-order valence-corrected chi connectivity index (χ1v) is 7.44. The lowest BCUT2D eigenvalue weighted by atomic mass is 10.2. The molecule has 6 heteroatoms. The Balaban J connectivity index is 2.85. The zero-order valence-electron chi connectivity index (χ0n) is 12.6. The monoisotopic (exact) mass is 311 g/mol. The predicted octanol–water partition coefficient (Wildman–Crippen LogP) is 1.22. The quantitative estimate of drug-likeness (QED) is 0.769. The summed E-state index contributed by atoms with van der Waals surface area (Å²) in [5, 5.41) is 8.69. The van der Waals surface area contributed by atoms with Gasteiger partial charge in [-0.1, -0.05) is 11.8 Å². The van der Waals surface area contributed by atoms with Gasteiger partial charge in [0.15, 0.2) is 0 Å². The molecular weight excluding hydrogens is 290 g/mol. The van der Waals surface area contributed by atoms with Gasteiger partial charge < -0.3 is 19.5 Å². The molecule has 1 rings (SSSR count). The molecular formula is C15H21NO4S. The van der Waals surface area contributed by atoms with Crippen molar-refractivity contribution >= 4 is 17.2 Å². The molecule has 0 aromatic carbocycles. The molecule has 0 radical (unpaired) electrons. The molecule has 0 aliphatic rings. The van der Waals surface area contributed by atoms with Gasteiger partial charge in [-0.15, -0.1) is 11.3 Å². The summed E-state index contributed by atoms with van der Waals surface area (Å²) in [6, 6.07) is 3.51. The van der Waals surface area contributed by atoms with Crippen molar-refractivity contribution in [1.82, 2.24) is 4.90 Å². The SMILES string of the molecule is COCCN(C(=O)c1ccc(C#CCO)s1)C(C)COC. The van der Waals surface area contributed by atoms with E-state index in [2.05, 4.69) is 11.8 Å². The van der Waals surface area contributed by atoms with Crippen LogP contribution in [-0.4, -0.2) is 62.5 Å². The van der Waals surface area contributed by atoms with E-state index in [9.17, 15) is 4.79 Å². The molecule has 1 atom stereocenters. The molecule has 0 saturated carbocycles. The van der Waals surface area contributed by atoms with Crippen LogP contribution in [0.5, 0.6) is 0 Å². The van der Waals surface area contributed by atoms with Crippen LogP contribution in [0.25, 0.3) is 0 Å². The molecule has 1 N–H and O–H groups in total. The summed E-state index contributed by atoms with van der Waals surface area (Å²) in [4.78, 5) is 15.7. The van der Waals surface area contributed by atoms with Gasteiger partial charge in [0.1, 0.15) is 6.61 Å². The van der Waals surface area contributed by atoms with E-state index in [1.54, 1.807) is 31.3 Å². The minimum atomic E-state index is -0.188. The van der Waals surface area contributed by atoms with Crippen molar-refractivity contribution in [3.8, 4) is 11.8 Å². The number of hydrogen-bond donors (Lipinski definition) is 1. The highest BCUT2D eigenvalue weighted by molar-refractivity contribution is 7.14. The van der Waals surface area contributed by atoms with Gasteiger partial charge >= 0.3 is 0 Å². The Morgan fingerprint density at radius 1 is 1.43 bits per heavy atom. The number of methoxy groups -OCH3 is 2. The zero-order valence-corrected chi connectivity index (χ0v) is 13.4. The van der Waals surface area contributed by atoms with Gasteiger partial charge in [-0.25, -0.2) is 0 Å². The highest BCUT2D eigenvalue weighted by Crippen LogP contribution is 2.19. The van der Waals surface area contributed by atoms with Crippen LogP contribution in [0.1, 0.15) is 21.5 Å². The standard InChI is InChI=1S/C15H21NO4S/c1-12(11-20-3)16(8-10-19-2)15(18)14-7-6-13(21-14)5-4-9-17/h6-7,12,17H,8-11H2,1-3H3. The van der Waals surface area contributed by atoms with E-state index in [0.29, 0.717) is 24.6 Å². The molecule has 116 valence electrons. The minimum absolute atomic E-state index is 0.0354. The number of aliphatic hydroxyl groups is 1. The van der Waals surface area contributed by atoms with Crippen molar-refractivity contribution in [2.24, 2.45) is 0 Å². The van der Waals surface area contributed by atoms with Crippen molar-refractivity contribution in [2.45, 2.75) is 13.0 Å². The van der Waals surface area contributed by atoms with E-state index in [1.807, 2.05) is 6.92 Å². The Kier molecular flexibility index (Phi) is 8.01. The van der Waals surface area contributed by atoms with E-state index < -0.39 is 0 Å². The average molecular weight is 311 g/mol. The van der Waals surface area contributed by atoms with Crippen LogP contribution in [0.3, 0.4) is 0 Å². The first-order chi connectivity index (χ1) is 10.1. The third-order valence-corrected chi connectivity index (χ3v) is 3.83. The van der Waals surface area contributed by atoms with Gasteiger partial charge in [-0.3, -0.25) is 4.79 Å². The fourth-order valence-electron chi connectivity index (χ4n) is 1.83. The lowest BCUT2D eigenvalue weighted by Crippen LogP contribution is -2.42. The third kappa shape index (κ3) is 5.48. The number of thiophene rings is 1. The van der Waals surface area contributed by atoms with Gasteiger partial charge in [0, 0.05) is 20.8 Å². The summed E-state index contributed by atoms with van der Waals surface area (Å²) >= 11 is 1.32. The molecule has 0 bridgehead atoms. The molecule has 0 aliphatic carbocycles. The topological polar surface area (TPSA) is 59.0 Å². The largest absolute Gasteiger partial charge is 0.384 e. The Labute approximate surface area is 129 Å². The second-order valence-electron chi connectivity index (χ2n) is 4.42. The number of carbonyl (C=O) groups excluding carboxylic acids is 1. The van der Waals surface area contributed by atoms with Crippen LogP contribution in [0, 0.1) is 11.8 Å². The van der Waals surface area contributed by atoms with Gasteiger partial charge in [-0.2, -0.15) is 0 Å². The second-order valence-corrected chi connectivity index (χ2v) is 5.50. The van der Waals surface area contributed by atoms with Crippen LogP contribution >= 0.6 is 11.3 Å². The number of amides is 1. The maximum atomic E-state index is 12.6. The molecule has 0 aliphatic heterocycles. The van der Waals surface area contributed by atoms with Gasteiger partial charge in [0.05, 0.1) is 29.0 Å². The van der Waals surface area contributed by atoms with Gasteiger partial charge in [0.25, 0.3) is 5.91 Å². The molecule has 5 nitrogen and oxygen atoms in total. The number of hydrogen-bond acceptors (Lipinski definition) is 5. The van der Waals surface area contributed by atoms with E-state index in [-0.39, 0.29) is 18.6 Å². The molecule has 1 unspecified atom stereocenters. The second kappa shape index (κ2) is 9.53. The lowest BCUT2D eigenvalue weighted by Gasteiger charge is -2.28. The molecule has 1 aromatic rings. The fourth-order valence-corrected chi connectivity index (χ4v) is 2.67. The first-order valence-electron chi connectivity index (χ1n) is 6.62. The fraction of sp³-hybridized carbons (Fsp3) is 0.533. The third-order valence-electron chi connectivity index (χ3n) is 2.84. The van der Waals surface area contributed by atoms with Crippen molar-refractivity contribution in [3.05, 3.63) is 21.9 Å². The van der Waals surface area contributed by atoms with Gasteiger partial charge in [0.2, 0.25) is 0 Å². The molecule has 1 heterocycles. The Bertz CT molecular complexity index is 503. The number of nitrogens with zero attached hydrogens (tertiary/aromatic N) is 1. The Morgan fingerprint density at radius 2 is 2.19 bits per heavy atom. The summed E-state index contributed by atoms with van der Waals surface area (Å²) in [5.74, 6) is 5.32. The van der Waals surface area contributed by atoms with Crippen LogP contribution in [0.15, 0.2) is 12.1 Å². The first kappa shape index (κ1) is 17.7. The minimum Gasteiger partial charge on any atom is -0.384 e. The molecule has 21 heavy (non-hydrogen) atoms. The van der Waals surface area contributed by atoms with Crippen LogP contribution in [-0.2, 0) is 9.47 Å². The maximum Gasteiger partial charge on any atom is 0.264 e. The van der Waals surface area contributed by atoms with E-state index in [0.717, 1.165) is 4.88 Å². The van der Waals surface area contributed by atoms with Gasteiger partial charge in [-0.05, 0) is 19.1 Å². The molecule has 1 amide bonds. The Morgan fingerprint density at radius 3 is 2.81 bits per heavy atom. The highest BCUT2D eigenvalue weighted by atomic mass is 32.1. The van der Waals surface area contributed by atoms with Crippen LogP contribution in [0.2, 0.25) is 0 Å². The molecule has 0 saturated heterocycles. The number of carbonyl (C=O) groups is 1. The van der Waals surface area contributed by atoms with Crippen molar-refractivity contribution in [2.75, 3.05) is 40.6 Å². The smallest absolute Gasteiger partial charge is 0.264 e. The summed E-state index contributed by atoms with van der Waals surface area (Å²) in [6.07, 6.45) is 0. The molecule has 1 aromatic heterocycles. The summed E-state index contributed by atoms with van der Waals surface area (Å²) in [6.45, 7) is 3.21. The summed E-state index contributed by atoms with van der Waals surface area (Å²) < 4.78 is 10.2. The van der Waals surface area contributed by atoms with Crippen molar-refractivity contribution < 1.29 is 19.4 Å². The van der Waals surface area contributed by atoms with Crippen LogP contribution in [0.4, 0.5) is 0 Å². The van der Waals surface area contributed by atoms with E-state index in [1.165, 1.54) is 11.3 Å². The highest BCUT2D eigenvalue weighted by Gasteiger charge is 2.22. The predicted molar refractivity (Wildman–Crippen MR) is 82.5 cm³/mol. The summed E-state index contributed by atoms with van der Waals surface area (Å²) in [7, 11) is 3.22. The maximum absolute atomic E-state index is 12.6. The van der Waals surface area contributed by atoms with Crippen molar-refractivity contribution in [1.29, 1.82) is 0 Å². The Hall–Kier alpha value is -1.39. The lowest BCUT2D eigenvalue weighted by molar-refractivity contribution is 0.0484. The normalized spacial score (nSPS) is 11.6. The number of rotatable bonds is 7. The molecule has 0 spiro atoms. The molecule has 0 fully saturated rings. The zero-order chi connectivity index (χ0) is 15.7. The van der Waals surface area contributed by atoms with E-state index in [4.69, 9.17) is 14.6 Å². The van der Waals surface area contributed by atoms with E-state index >= 15 is 0 Å². The number of aliphatic hydroxyl groups excluding tert-OH is 1. The average Bonchev–Trinajstić information content (AvgIpc) is 2.94.